The number of hydrogen-bond donors (Lipinski definition) is 1. The number of thiophene rings is 1. The number of rotatable bonds is 5. The molecule has 0 aliphatic carbocycles. The molecule has 1 N–H and O–H groups in total. The Morgan fingerprint density at radius 3 is 2.54 bits per heavy atom. The summed E-state index contributed by atoms with van der Waals surface area (Å²) in [6.45, 7) is 1.42. The maximum Gasteiger partial charge on any atom is 0.350 e. The average molecular weight is 408 g/mol. The van der Waals surface area contributed by atoms with E-state index in [9.17, 15) is 9.59 Å². The molecule has 1 amide bonds. The third kappa shape index (κ3) is 4.01. The molecule has 3 rings (SSSR count). The largest absolute Gasteiger partial charge is 0.451 e. The molecule has 2 aromatic carbocycles. The van der Waals surface area contributed by atoms with Crippen LogP contribution in [0.25, 0.3) is 10.1 Å². The van der Waals surface area contributed by atoms with Crippen LogP contribution in [0.2, 0.25) is 10.0 Å². The molecule has 0 saturated heterocycles. The van der Waals surface area contributed by atoms with Crippen molar-refractivity contribution in [1.82, 2.24) is 5.32 Å². The van der Waals surface area contributed by atoms with Crippen LogP contribution in [0.15, 0.2) is 48.5 Å². The van der Waals surface area contributed by atoms with Crippen LogP contribution in [0.4, 0.5) is 0 Å². The molecule has 7 heteroatoms. The van der Waals surface area contributed by atoms with Crippen molar-refractivity contribution in [1.29, 1.82) is 0 Å². The van der Waals surface area contributed by atoms with Gasteiger partial charge in [-0.15, -0.1) is 11.3 Å². The van der Waals surface area contributed by atoms with Gasteiger partial charge in [-0.1, -0.05) is 59.6 Å². The quantitative estimate of drug-likeness (QED) is 0.588. The molecule has 0 spiro atoms. The minimum absolute atomic E-state index is 0.291. The van der Waals surface area contributed by atoms with Gasteiger partial charge < -0.3 is 10.1 Å². The fourth-order valence-corrected chi connectivity index (χ4v) is 4.23. The zero-order valence-corrected chi connectivity index (χ0v) is 16.1. The van der Waals surface area contributed by atoms with Crippen molar-refractivity contribution in [3.63, 3.8) is 0 Å². The molecule has 0 fully saturated rings. The van der Waals surface area contributed by atoms with Crippen LogP contribution in [0, 0.1) is 0 Å². The first-order valence-corrected chi connectivity index (χ1v) is 9.42. The molecule has 1 atom stereocenters. The number of amides is 1. The van der Waals surface area contributed by atoms with E-state index in [-0.39, 0.29) is 6.04 Å². The van der Waals surface area contributed by atoms with Crippen molar-refractivity contribution in [2.24, 2.45) is 0 Å². The smallest absolute Gasteiger partial charge is 0.350 e. The summed E-state index contributed by atoms with van der Waals surface area (Å²) in [6, 6.07) is 14.4. The molecule has 0 radical (unpaired) electrons. The Labute approximate surface area is 164 Å². The monoisotopic (exact) mass is 407 g/mol. The van der Waals surface area contributed by atoms with E-state index in [1.54, 1.807) is 6.07 Å². The third-order valence-corrected chi connectivity index (χ3v) is 5.80. The zero-order chi connectivity index (χ0) is 18.7. The Morgan fingerprint density at radius 2 is 1.81 bits per heavy atom. The van der Waals surface area contributed by atoms with Crippen LogP contribution in [-0.4, -0.2) is 18.5 Å². The topological polar surface area (TPSA) is 55.4 Å². The van der Waals surface area contributed by atoms with Gasteiger partial charge >= 0.3 is 5.97 Å². The van der Waals surface area contributed by atoms with Crippen molar-refractivity contribution in [2.75, 3.05) is 6.61 Å². The number of halogens is 2. The molecular formula is C19H15Cl2NO3S. The molecule has 0 aliphatic rings. The fraction of sp³-hybridized carbons (Fsp3) is 0.158. The highest BCUT2D eigenvalue weighted by Crippen LogP contribution is 2.35. The first kappa shape index (κ1) is 18.7. The molecule has 0 unspecified atom stereocenters. The Hall–Kier alpha value is -2.08. The second kappa shape index (κ2) is 8.08. The maximum atomic E-state index is 12.3. The van der Waals surface area contributed by atoms with Gasteiger partial charge in [-0.3, -0.25) is 4.79 Å². The van der Waals surface area contributed by atoms with Crippen molar-refractivity contribution >= 4 is 56.5 Å². The highest BCUT2D eigenvalue weighted by Gasteiger charge is 2.20. The lowest BCUT2D eigenvalue weighted by Gasteiger charge is -2.15. The van der Waals surface area contributed by atoms with Gasteiger partial charge in [0.15, 0.2) is 6.61 Å². The van der Waals surface area contributed by atoms with E-state index >= 15 is 0 Å². The predicted octanol–water partition coefficient (Wildman–Crippen LogP) is 5.24. The summed E-state index contributed by atoms with van der Waals surface area (Å²) in [5.74, 6) is -1.03. The molecule has 3 aromatic rings. The van der Waals surface area contributed by atoms with Crippen LogP contribution in [0.5, 0.6) is 0 Å². The fourth-order valence-electron chi connectivity index (χ4n) is 2.53. The van der Waals surface area contributed by atoms with E-state index in [1.165, 1.54) is 11.3 Å². The number of carbonyl (C=O) groups excluding carboxylic acids is 2. The van der Waals surface area contributed by atoms with E-state index in [2.05, 4.69) is 5.32 Å². The third-order valence-electron chi connectivity index (χ3n) is 3.80. The number of nitrogens with one attached hydrogen (secondary N) is 1. The molecule has 26 heavy (non-hydrogen) atoms. The second-order valence-electron chi connectivity index (χ2n) is 5.63. The Bertz CT molecular complexity index is 970. The number of esters is 1. The van der Waals surface area contributed by atoms with E-state index in [0.29, 0.717) is 14.9 Å². The number of benzene rings is 2. The Kier molecular flexibility index (Phi) is 5.81. The van der Waals surface area contributed by atoms with Crippen molar-refractivity contribution in [2.45, 2.75) is 13.0 Å². The minimum Gasteiger partial charge on any atom is -0.451 e. The number of ether oxygens (including phenoxy) is 1. The van der Waals surface area contributed by atoms with Crippen LogP contribution < -0.4 is 5.32 Å². The summed E-state index contributed by atoms with van der Waals surface area (Å²) >= 11 is 13.6. The summed E-state index contributed by atoms with van der Waals surface area (Å²) < 4.78 is 6.00. The first-order valence-electron chi connectivity index (χ1n) is 7.85. The minimum atomic E-state index is -0.614. The van der Waals surface area contributed by atoms with E-state index < -0.39 is 18.5 Å². The number of carbonyl (C=O) groups is 2. The molecule has 0 bridgehead atoms. The number of fused-ring (bicyclic) bond motifs is 1. The SMILES string of the molecule is C[C@@H](NC(=O)COC(=O)c1sc2ccccc2c1Cl)c1ccccc1Cl. The van der Waals surface area contributed by atoms with Gasteiger partial charge in [0.25, 0.3) is 5.91 Å². The Balaban J connectivity index is 1.61. The molecule has 1 aromatic heterocycles. The summed E-state index contributed by atoms with van der Waals surface area (Å²) in [6.07, 6.45) is 0. The van der Waals surface area contributed by atoms with Crippen molar-refractivity contribution in [3.8, 4) is 0 Å². The van der Waals surface area contributed by atoms with Gasteiger partial charge in [0.05, 0.1) is 11.1 Å². The van der Waals surface area contributed by atoms with Crippen LogP contribution >= 0.6 is 34.5 Å². The van der Waals surface area contributed by atoms with Gasteiger partial charge in [-0.2, -0.15) is 0 Å². The van der Waals surface area contributed by atoms with E-state index in [1.807, 2.05) is 49.4 Å². The molecule has 0 aliphatic heterocycles. The lowest BCUT2D eigenvalue weighted by Crippen LogP contribution is -2.31. The maximum absolute atomic E-state index is 12.3. The second-order valence-corrected chi connectivity index (χ2v) is 7.47. The summed E-state index contributed by atoms with van der Waals surface area (Å²) in [4.78, 5) is 24.6. The standard InChI is InChI=1S/C19H15Cl2NO3S/c1-11(12-6-2-4-8-14(12)20)22-16(23)10-25-19(24)18-17(21)13-7-3-5-9-15(13)26-18/h2-9,11H,10H2,1H3,(H,22,23)/t11-/m1/s1. The van der Waals surface area contributed by atoms with Crippen LogP contribution in [0.3, 0.4) is 0 Å². The predicted molar refractivity (Wildman–Crippen MR) is 105 cm³/mol. The zero-order valence-electron chi connectivity index (χ0n) is 13.8. The van der Waals surface area contributed by atoms with Gasteiger partial charge in [-0.05, 0) is 24.6 Å². The van der Waals surface area contributed by atoms with Crippen LogP contribution in [-0.2, 0) is 9.53 Å². The summed E-state index contributed by atoms with van der Waals surface area (Å²) in [5.41, 5.74) is 0.793. The van der Waals surface area contributed by atoms with Crippen molar-refractivity contribution in [3.05, 3.63) is 69.0 Å². The highest BCUT2D eigenvalue weighted by atomic mass is 35.5. The molecule has 134 valence electrons. The van der Waals surface area contributed by atoms with Gasteiger partial charge in [0.2, 0.25) is 0 Å². The molecule has 1 heterocycles. The number of hydrogen-bond acceptors (Lipinski definition) is 4. The van der Waals surface area contributed by atoms with E-state index in [4.69, 9.17) is 27.9 Å². The summed E-state index contributed by atoms with van der Waals surface area (Å²) in [7, 11) is 0. The summed E-state index contributed by atoms with van der Waals surface area (Å²) in [5, 5.41) is 4.46. The van der Waals surface area contributed by atoms with Gasteiger partial charge in [0, 0.05) is 15.1 Å². The molecule has 0 saturated carbocycles. The normalized spacial score (nSPS) is 12.0. The van der Waals surface area contributed by atoms with Gasteiger partial charge in [0.1, 0.15) is 4.88 Å². The first-order chi connectivity index (χ1) is 12.5. The average Bonchev–Trinajstić information content (AvgIpc) is 2.97. The lowest BCUT2D eigenvalue weighted by molar-refractivity contribution is -0.124. The molecule has 4 nitrogen and oxygen atoms in total. The highest BCUT2D eigenvalue weighted by molar-refractivity contribution is 7.21. The Morgan fingerprint density at radius 1 is 1.12 bits per heavy atom. The lowest BCUT2D eigenvalue weighted by atomic mass is 10.1. The van der Waals surface area contributed by atoms with Crippen molar-refractivity contribution < 1.29 is 14.3 Å². The van der Waals surface area contributed by atoms with E-state index in [0.717, 1.165) is 15.6 Å². The van der Waals surface area contributed by atoms with Crippen LogP contribution in [0.1, 0.15) is 28.2 Å². The molecular weight excluding hydrogens is 393 g/mol. The van der Waals surface area contributed by atoms with Gasteiger partial charge in [-0.25, -0.2) is 4.79 Å².